The highest BCUT2D eigenvalue weighted by molar-refractivity contribution is 6.08. The number of carbonyl (C=O) groups is 3. The molecule has 1 heterocycles. The molecule has 36 heavy (non-hydrogen) atoms. The third kappa shape index (κ3) is 5.32. The molecule has 192 valence electrons. The van der Waals surface area contributed by atoms with Gasteiger partial charge >= 0.3 is 5.97 Å². The molecule has 0 bridgehead atoms. The van der Waals surface area contributed by atoms with E-state index in [0.717, 1.165) is 49.0 Å². The highest BCUT2D eigenvalue weighted by Crippen LogP contribution is 2.41. The third-order valence-electron chi connectivity index (χ3n) is 7.76. The summed E-state index contributed by atoms with van der Waals surface area (Å²) in [6.07, 6.45) is 4.92. The summed E-state index contributed by atoms with van der Waals surface area (Å²) >= 11 is 0. The predicted molar refractivity (Wildman–Crippen MR) is 141 cm³/mol. The zero-order valence-corrected chi connectivity index (χ0v) is 21.9. The molecule has 0 aromatic heterocycles. The Labute approximate surface area is 214 Å². The monoisotopic (exact) mass is 490 g/mol. The Morgan fingerprint density at radius 1 is 1.06 bits per heavy atom. The van der Waals surface area contributed by atoms with Gasteiger partial charge in [0.15, 0.2) is 0 Å². The van der Waals surface area contributed by atoms with E-state index in [0.29, 0.717) is 24.4 Å². The van der Waals surface area contributed by atoms with Crippen LogP contribution in [-0.2, 0) is 16.0 Å². The van der Waals surface area contributed by atoms with Gasteiger partial charge in [0.1, 0.15) is 0 Å². The van der Waals surface area contributed by atoms with E-state index in [9.17, 15) is 19.5 Å². The van der Waals surface area contributed by atoms with Crippen LogP contribution >= 0.6 is 0 Å². The van der Waals surface area contributed by atoms with E-state index >= 15 is 0 Å². The molecule has 2 aromatic carbocycles. The Morgan fingerprint density at radius 3 is 2.33 bits per heavy atom. The van der Waals surface area contributed by atoms with Crippen LogP contribution in [-0.4, -0.2) is 46.4 Å². The number of likely N-dealkylation sites (N-methyl/N-ethyl adjacent to an activating group) is 1. The number of amides is 2. The Hall–Kier alpha value is -3.15. The van der Waals surface area contributed by atoms with Crippen molar-refractivity contribution >= 4 is 23.5 Å². The molecule has 0 spiro atoms. The maximum atomic E-state index is 13.7. The molecule has 1 fully saturated rings. The Kier molecular flexibility index (Phi) is 7.53. The molecule has 2 aliphatic rings. The maximum Gasteiger partial charge on any atom is 0.309 e. The predicted octanol–water partition coefficient (Wildman–Crippen LogP) is 5.65. The van der Waals surface area contributed by atoms with Crippen LogP contribution in [0.15, 0.2) is 48.5 Å². The van der Waals surface area contributed by atoms with E-state index in [-0.39, 0.29) is 23.8 Å². The maximum absolute atomic E-state index is 13.7. The molecular weight excluding hydrogens is 452 g/mol. The topological polar surface area (TPSA) is 77.9 Å². The van der Waals surface area contributed by atoms with Crippen LogP contribution in [0.25, 0.3) is 0 Å². The number of anilines is 1. The van der Waals surface area contributed by atoms with E-state index in [4.69, 9.17) is 0 Å². The summed E-state index contributed by atoms with van der Waals surface area (Å²) in [5, 5.41) is 9.30. The van der Waals surface area contributed by atoms with Gasteiger partial charge in [0, 0.05) is 29.9 Å². The van der Waals surface area contributed by atoms with Crippen LogP contribution in [0.5, 0.6) is 0 Å². The lowest BCUT2D eigenvalue weighted by molar-refractivity contribution is -0.147. The van der Waals surface area contributed by atoms with E-state index in [2.05, 4.69) is 0 Å². The normalized spacial score (nSPS) is 19.5. The van der Waals surface area contributed by atoms with Crippen molar-refractivity contribution in [2.24, 2.45) is 5.41 Å². The minimum Gasteiger partial charge on any atom is -0.481 e. The average Bonchev–Trinajstić information content (AvgIpc) is 3.69. The lowest BCUT2D eigenvalue weighted by atomic mass is 9.84. The zero-order chi connectivity index (χ0) is 26.0. The number of para-hydroxylation sites is 1. The second kappa shape index (κ2) is 10.5. The second-order valence-electron chi connectivity index (χ2n) is 11.0. The van der Waals surface area contributed by atoms with Gasteiger partial charge in [-0.2, -0.15) is 0 Å². The van der Waals surface area contributed by atoms with Crippen LogP contribution < -0.4 is 4.90 Å². The number of hydrogen-bond donors (Lipinski definition) is 1. The molecule has 1 aliphatic heterocycles. The van der Waals surface area contributed by atoms with Gasteiger partial charge < -0.3 is 14.9 Å². The number of carboxylic acids is 1. The third-order valence-corrected chi connectivity index (χ3v) is 7.76. The molecule has 0 saturated heterocycles. The lowest BCUT2D eigenvalue weighted by Crippen LogP contribution is -2.47. The van der Waals surface area contributed by atoms with E-state index in [1.54, 1.807) is 13.8 Å². The summed E-state index contributed by atoms with van der Waals surface area (Å²) in [5.41, 5.74) is 2.73. The summed E-state index contributed by atoms with van der Waals surface area (Å²) in [6.45, 7) is 8.29. The molecule has 1 saturated carbocycles. The smallest absolute Gasteiger partial charge is 0.309 e. The molecule has 6 heteroatoms. The van der Waals surface area contributed by atoms with Crippen molar-refractivity contribution in [2.75, 3.05) is 11.4 Å². The van der Waals surface area contributed by atoms with E-state index in [1.165, 1.54) is 0 Å². The SMILES string of the molecule is CCN(C(=O)[C@@H]1C[C@H](C)N(C(=O)c2ccc(CCCC(C)(C)C(=O)O)cc2)c2ccccc21)C1CC1. The number of aliphatic carboxylic acids is 1. The van der Waals surface area contributed by atoms with Crippen molar-refractivity contribution in [3.05, 3.63) is 65.2 Å². The average molecular weight is 491 g/mol. The molecule has 1 N–H and O–H groups in total. The molecule has 1 aliphatic carbocycles. The van der Waals surface area contributed by atoms with Crippen molar-refractivity contribution in [2.45, 2.75) is 84.2 Å². The van der Waals surface area contributed by atoms with E-state index < -0.39 is 11.4 Å². The zero-order valence-electron chi connectivity index (χ0n) is 21.9. The van der Waals surface area contributed by atoms with Gasteiger partial charge in [-0.3, -0.25) is 14.4 Å². The first-order valence-corrected chi connectivity index (χ1v) is 13.2. The fraction of sp³-hybridized carbons (Fsp3) is 0.500. The van der Waals surface area contributed by atoms with Gasteiger partial charge in [-0.25, -0.2) is 0 Å². The summed E-state index contributed by atoms with van der Waals surface area (Å²) in [7, 11) is 0. The van der Waals surface area contributed by atoms with Crippen LogP contribution in [0.4, 0.5) is 5.69 Å². The van der Waals surface area contributed by atoms with Crippen molar-refractivity contribution in [1.82, 2.24) is 4.90 Å². The lowest BCUT2D eigenvalue weighted by Gasteiger charge is -2.40. The van der Waals surface area contributed by atoms with Gasteiger partial charge in [0.25, 0.3) is 5.91 Å². The minimum absolute atomic E-state index is 0.0612. The van der Waals surface area contributed by atoms with Gasteiger partial charge in [-0.05, 0) is 95.5 Å². The summed E-state index contributed by atoms with van der Waals surface area (Å²) in [5.74, 6) is -0.882. The van der Waals surface area contributed by atoms with Gasteiger partial charge in [-0.1, -0.05) is 30.3 Å². The highest BCUT2D eigenvalue weighted by atomic mass is 16.4. The fourth-order valence-corrected chi connectivity index (χ4v) is 5.33. The standard InChI is InChI=1S/C30H38N2O4/c1-5-31(23-16-17-23)28(34)25-19-20(2)32(26-11-7-6-10-24(25)26)27(33)22-14-12-21(13-15-22)9-8-18-30(3,4)29(35)36/h6-7,10-15,20,23,25H,5,8-9,16-19H2,1-4H3,(H,35,36)/t20-,25+/m0/s1. The largest absolute Gasteiger partial charge is 0.481 e. The van der Waals surface area contributed by atoms with Gasteiger partial charge in [0.05, 0.1) is 11.3 Å². The van der Waals surface area contributed by atoms with Gasteiger partial charge in [-0.15, -0.1) is 0 Å². The first-order chi connectivity index (χ1) is 17.1. The Morgan fingerprint density at radius 2 is 1.72 bits per heavy atom. The number of fused-ring (bicyclic) bond motifs is 1. The Bertz CT molecular complexity index is 1120. The molecule has 2 atom stereocenters. The highest BCUT2D eigenvalue weighted by Gasteiger charge is 2.41. The summed E-state index contributed by atoms with van der Waals surface area (Å²) < 4.78 is 0. The van der Waals surface area contributed by atoms with Crippen molar-refractivity contribution in [1.29, 1.82) is 0 Å². The number of hydrogen-bond acceptors (Lipinski definition) is 3. The molecular formula is C30H38N2O4. The first-order valence-electron chi connectivity index (χ1n) is 13.2. The van der Waals surface area contributed by atoms with Crippen LogP contribution in [0.1, 0.15) is 87.2 Å². The first kappa shape index (κ1) is 25.9. The molecule has 4 rings (SSSR count). The minimum atomic E-state index is -0.779. The van der Waals surface area contributed by atoms with Crippen molar-refractivity contribution in [3.8, 4) is 0 Å². The molecule has 0 radical (unpaired) electrons. The number of carboxylic acid groups (broad SMARTS) is 1. The van der Waals surface area contributed by atoms with E-state index in [1.807, 2.05) is 72.2 Å². The molecule has 2 amide bonds. The number of benzene rings is 2. The number of rotatable bonds is 9. The molecule has 6 nitrogen and oxygen atoms in total. The van der Waals surface area contributed by atoms with Crippen molar-refractivity contribution in [3.63, 3.8) is 0 Å². The fourth-order valence-electron chi connectivity index (χ4n) is 5.33. The number of carbonyl (C=O) groups excluding carboxylic acids is 2. The van der Waals surface area contributed by atoms with Crippen LogP contribution in [0.3, 0.4) is 0 Å². The van der Waals surface area contributed by atoms with Gasteiger partial charge in [0.2, 0.25) is 5.91 Å². The molecule has 2 aromatic rings. The quantitative estimate of drug-likeness (QED) is 0.492. The second-order valence-corrected chi connectivity index (χ2v) is 11.0. The van der Waals surface area contributed by atoms with Crippen molar-refractivity contribution < 1.29 is 19.5 Å². The summed E-state index contributed by atoms with van der Waals surface area (Å²) in [4.78, 5) is 42.3. The summed E-state index contributed by atoms with van der Waals surface area (Å²) in [6, 6.07) is 15.7. The van der Waals surface area contributed by atoms with Crippen LogP contribution in [0, 0.1) is 5.41 Å². The molecule has 0 unspecified atom stereocenters. The number of aryl methyl sites for hydroxylation is 1. The number of nitrogens with zero attached hydrogens (tertiary/aromatic N) is 2. The van der Waals surface area contributed by atoms with Crippen LogP contribution in [0.2, 0.25) is 0 Å². The Balaban J connectivity index is 1.50.